The quantitative estimate of drug-likeness (QED) is 0.922. The van der Waals surface area contributed by atoms with E-state index in [0.29, 0.717) is 24.9 Å². The van der Waals surface area contributed by atoms with Crippen LogP contribution >= 0.6 is 12.4 Å². The number of ether oxygens (including phenoxy) is 1. The number of aromatic nitrogens is 2. The minimum absolute atomic E-state index is 0. The van der Waals surface area contributed by atoms with Gasteiger partial charge in [0.15, 0.2) is 5.82 Å². The van der Waals surface area contributed by atoms with E-state index in [0.717, 1.165) is 13.1 Å². The first-order valence-corrected chi connectivity index (χ1v) is 6.75. The largest absolute Gasteiger partial charge is 0.371 e. The number of rotatable bonds is 4. The van der Waals surface area contributed by atoms with Gasteiger partial charge in [-0.15, -0.1) is 12.4 Å². The molecule has 1 aliphatic heterocycles. The predicted octanol–water partition coefficient (Wildman–Crippen LogP) is 1.52. The number of hydrogen-bond donors (Lipinski definition) is 1. The van der Waals surface area contributed by atoms with Gasteiger partial charge >= 0.3 is 0 Å². The van der Waals surface area contributed by atoms with Crippen molar-refractivity contribution in [3.63, 3.8) is 0 Å². The van der Waals surface area contributed by atoms with E-state index < -0.39 is 0 Å². The van der Waals surface area contributed by atoms with Crippen molar-refractivity contribution in [2.45, 2.75) is 19.2 Å². The van der Waals surface area contributed by atoms with E-state index in [1.807, 2.05) is 18.2 Å². The summed E-state index contributed by atoms with van der Waals surface area (Å²) in [6, 6.07) is 10.3. The number of benzene rings is 1. The Bertz CT molecular complexity index is 549. The Hall–Kier alpha value is -1.47. The Kier molecular flexibility index (Phi) is 5.69. The van der Waals surface area contributed by atoms with E-state index in [1.165, 1.54) is 5.56 Å². The van der Waals surface area contributed by atoms with Crippen molar-refractivity contribution in [1.82, 2.24) is 15.0 Å². The average Bonchev–Trinajstić information content (AvgIpc) is 2.96. The minimum Gasteiger partial charge on any atom is -0.371 e. The summed E-state index contributed by atoms with van der Waals surface area (Å²) in [5.74, 6) is 1.16. The van der Waals surface area contributed by atoms with Crippen LogP contribution in [0.15, 0.2) is 34.9 Å². The van der Waals surface area contributed by atoms with Gasteiger partial charge in [0, 0.05) is 13.1 Å². The third kappa shape index (κ3) is 4.01. The van der Waals surface area contributed by atoms with Gasteiger partial charge in [-0.05, 0) is 5.56 Å². The molecule has 2 aromatic rings. The van der Waals surface area contributed by atoms with Crippen LogP contribution < -0.4 is 5.73 Å². The molecule has 0 spiro atoms. The summed E-state index contributed by atoms with van der Waals surface area (Å²) >= 11 is 0. The van der Waals surface area contributed by atoms with Crippen LogP contribution in [-0.4, -0.2) is 34.7 Å². The second kappa shape index (κ2) is 7.51. The molecule has 0 radical (unpaired) electrons. The topological polar surface area (TPSA) is 77.4 Å². The lowest BCUT2D eigenvalue weighted by Crippen LogP contribution is -2.38. The first-order chi connectivity index (χ1) is 9.85. The molecule has 0 amide bonds. The molecule has 21 heavy (non-hydrogen) atoms. The molecule has 6 nitrogen and oxygen atoms in total. The van der Waals surface area contributed by atoms with Crippen molar-refractivity contribution >= 4 is 12.4 Å². The molecule has 7 heteroatoms. The van der Waals surface area contributed by atoms with Crippen LogP contribution in [0.5, 0.6) is 0 Å². The second-order valence-corrected chi connectivity index (χ2v) is 4.81. The van der Waals surface area contributed by atoms with E-state index in [-0.39, 0.29) is 25.1 Å². The third-order valence-corrected chi connectivity index (χ3v) is 3.37. The van der Waals surface area contributed by atoms with Crippen molar-refractivity contribution < 1.29 is 9.26 Å². The maximum absolute atomic E-state index is 5.83. The lowest BCUT2D eigenvalue weighted by atomic mass is 10.1. The predicted molar refractivity (Wildman–Crippen MR) is 79.8 cm³/mol. The Morgan fingerprint density at radius 1 is 1.29 bits per heavy atom. The smallest absolute Gasteiger partial charge is 0.240 e. The second-order valence-electron chi connectivity index (χ2n) is 4.81. The van der Waals surface area contributed by atoms with Gasteiger partial charge in [0.25, 0.3) is 0 Å². The van der Waals surface area contributed by atoms with Crippen molar-refractivity contribution in [2.75, 3.05) is 19.7 Å². The van der Waals surface area contributed by atoms with Crippen LogP contribution in [0.2, 0.25) is 0 Å². The van der Waals surface area contributed by atoms with E-state index in [4.69, 9.17) is 15.0 Å². The molecular formula is C14H19ClN4O2. The molecule has 3 rings (SSSR count). The van der Waals surface area contributed by atoms with E-state index in [1.54, 1.807) is 0 Å². The van der Waals surface area contributed by atoms with Crippen LogP contribution in [0, 0.1) is 0 Å². The van der Waals surface area contributed by atoms with Gasteiger partial charge in [0.05, 0.1) is 25.8 Å². The van der Waals surface area contributed by atoms with Gasteiger partial charge in [-0.3, -0.25) is 4.90 Å². The zero-order valence-corrected chi connectivity index (χ0v) is 12.5. The van der Waals surface area contributed by atoms with E-state index in [9.17, 15) is 0 Å². The van der Waals surface area contributed by atoms with Crippen molar-refractivity contribution in [2.24, 2.45) is 5.73 Å². The van der Waals surface area contributed by atoms with Gasteiger partial charge in [-0.1, -0.05) is 35.5 Å². The summed E-state index contributed by atoms with van der Waals surface area (Å²) in [6.07, 6.45) is 0.103. The molecule has 1 unspecified atom stereocenters. The van der Waals surface area contributed by atoms with Gasteiger partial charge in [0.2, 0.25) is 5.89 Å². The van der Waals surface area contributed by atoms with Gasteiger partial charge in [-0.25, -0.2) is 0 Å². The fourth-order valence-corrected chi connectivity index (χ4v) is 2.35. The molecular weight excluding hydrogens is 292 g/mol. The fourth-order valence-electron chi connectivity index (χ4n) is 2.35. The summed E-state index contributed by atoms with van der Waals surface area (Å²) < 4.78 is 10.9. The molecule has 1 fully saturated rings. The fraction of sp³-hybridized carbons (Fsp3) is 0.429. The van der Waals surface area contributed by atoms with Crippen LogP contribution in [0.3, 0.4) is 0 Å². The number of halogens is 1. The summed E-state index contributed by atoms with van der Waals surface area (Å²) in [6.45, 7) is 3.35. The maximum atomic E-state index is 5.83. The van der Waals surface area contributed by atoms with Crippen LogP contribution in [0.25, 0.3) is 0 Å². The Morgan fingerprint density at radius 2 is 2.10 bits per heavy atom. The SMILES string of the molecule is Cl.NCc1nc(CN2CCOC(c3ccccc3)C2)no1. The maximum Gasteiger partial charge on any atom is 0.240 e. The molecule has 0 saturated carbocycles. The van der Waals surface area contributed by atoms with Crippen LogP contribution in [-0.2, 0) is 17.8 Å². The summed E-state index contributed by atoms with van der Waals surface area (Å²) in [7, 11) is 0. The molecule has 1 aliphatic rings. The first kappa shape index (κ1) is 15.9. The Labute approximate surface area is 129 Å². The Morgan fingerprint density at radius 3 is 2.81 bits per heavy atom. The highest BCUT2D eigenvalue weighted by Crippen LogP contribution is 2.22. The number of nitrogens with zero attached hydrogens (tertiary/aromatic N) is 3. The molecule has 2 N–H and O–H groups in total. The third-order valence-electron chi connectivity index (χ3n) is 3.37. The molecule has 0 bridgehead atoms. The summed E-state index contributed by atoms with van der Waals surface area (Å²) in [5, 5.41) is 3.93. The number of nitrogens with two attached hydrogens (primary N) is 1. The van der Waals surface area contributed by atoms with Crippen molar-refractivity contribution in [3.05, 3.63) is 47.6 Å². The average molecular weight is 311 g/mol. The van der Waals surface area contributed by atoms with Crippen molar-refractivity contribution in [3.8, 4) is 0 Å². The van der Waals surface area contributed by atoms with Gasteiger partial charge in [0.1, 0.15) is 0 Å². The summed E-state index contributed by atoms with van der Waals surface area (Å²) in [5.41, 5.74) is 6.67. The zero-order valence-electron chi connectivity index (χ0n) is 11.6. The molecule has 0 aliphatic carbocycles. The van der Waals surface area contributed by atoms with E-state index >= 15 is 0 Å². The Balaban J connectivity index is 0.00000161. The number of hydrogen-bond acceptors (Lipinski definition) is 6. The van der Waals surface area contributed by atoms with Gasteiger partial charge < -0.3 is 15.0 Å². The normalized spacial score (nSPS) is 19.2. The van der Waals surface area contributed by atoms with Gasteiger partial charge in [-0.2, -0.15) is 4.98 Å². The lowest BCUT2D eigenvalue weighted by Gasteiger charge is -2.32. The standard InChI is InChI=1S/C14H18N4O2.ClH/c15-8-14-16-13(17-20-14)10-18-6-7-19-12(9-18)11-4-2-1-3-5-11;/h1-5,12H,6-10,15H2;1H. The molecule has 114 valence electrons. The summed E-state index contributed by atoms with van der Waals surface area (Å²) in [4.78, 5) is 6.51. The minimum atomic E-state index is 0. The highest BCUT2D eigenvalue weighted by molar-refractivity contribution is 5.85. The van der Waals surface area contributed by atoms with Crippen LogP contribution in [0.4, 0.5) is 0 Å². The highest BCUT2D eigenvalue weighted by atomic mass is 35.5. The molecule has 1 atom stereocenters. The highest BCUT2D eigenvalue weighted by Gasteiger charge is 2.23. The van der Waals surface area contributed by atoms with Crippen molar-refractivity contribution in [1.29, 1.82) is 0 Å². The van der Waals surface area contributed by atoms with Crippen LogP contribution in [0.1, 0.15) is 23.4 Å². The molecule has 1 aromatic heterocycles. The lowest BCUT2D eigenvalue weighted by molar-refractivity contribution is -0.0338. The monoisotopic (exact) mass is 310 g/mol. The molecule has 1 saturated heterocycles. The zero-order chi connectivity index (χ0) is 13.8. The first-order valence-electron chi connectivity index (χ1n) is 6.75. The van der Waals surface area contributed by atoms with E-state index in [2.05, 4.69) is 27.2 Å². The molecule has 2 heterocycles. The molecule has 1 aromatic carbocycles. The number of morpholine rings is 1.